The number of likely N-dealkylation sites (tertiary alicyclic amines) is 2. The van der Waals surface area contributed by atoms with Crippen molar-refractivity contribution in [3.05, 3.63) is 63.6 Å². The topological polar surface area (TPSA) is 65.1 Å². The van der Waals surface area contributed by atoms with Crippen molar-refractivity contribution >= 4 is 35.1 Å². The van der Waals surface area contributed by atoms with Gasteiger partial charge in [0, 0.05) is 42.8 Å². The van der Waals surface area contributed by atoms with Gasteiger partial charge in [-0.2, -0.15) is 0 Å². The molecule has 1 unspecified atom stereocenters. The molecule has 3 amide bonds. The fourth-order valence-corrected chi connectivity index (χ4v) is 5.34. The summed E-state index contributed by atoms with van der Waals surface area (Å²) in [6.45, 7) is 8.01. The number of piperidine rings is 1. The van der Waals surface area contributed by atoms with E-state index < -0.39 is 0 Å². The van der Waals surface area contributed by atoms with Gasteiger partial charge in [-0.3, -0.25) is 4.79 Å². The minimum absolute atomic E-state index is 0.0133. The van der Waals surface area contributed by atoms with Gasteiger partial charge in [-0.25, -0.2) is 4.79 Å². The van der Waals surface area contributed by atoms with E-state index in [0.717, 1.165) is 62.5 Å². The summed E-state index contributed by atoms with van der Waals surface area (Å²) in [5.74, 6) is 1.16. The van der Waals surface area contributed by atoms with Crippen LogP contribution in [-0.4, -0.2) is 86.1 Å². The molecule has 1 N–H and O–H groups in total. The average molecular weight is 592 g/mol. The van der Waals surface area contributed by atoms with Crippen LogP contribution in [0.4, 0.5) is 4.79 Å². The van der Waals surface area contributed by atoms with E-state index in [0.29, 0.717) is 24.0 Å². The van der Waals surface area contributed by atoms with Crippen molar-refractivity contribution < 1.29 is 14.3 Å². The first kappa shape index (κ1) is 32.0. The molecule has 2 aromatic carbocycles. The molecule has 0 spiro atoms. The minimum atomic E-state index is -0.128. The number of ether oxygens (including phenoxy) is 1. The van der Waals surface area contributed by atoms with Gasteiger partial charge in [-0.05, 0) is 88.9 Å². The van der Waals surface area contributed by atoms with Crippen molar-refractivity contribution in [2.24, 2.45) is 0 Å². The number of rotatable bonds is 8. The molecule has 2 aliphatic heterocycles. The van der Waals surface area contributed by atoms with Gasteiger partial charge in [0.05, 0.1) is 6.54 Å². The number of hydrogen-bond donors (Lipinski definition) is 1. The number of nitrogens with one attached hydrogen (secondary N) is 1. The Hall–Kier alpha value is -2.48. The van der Waals surface area contributed by atoms with Crippen LogP contribution >= 0.6 is 23.2 Å². The summed E-state index contributed by atoms with van der Waals surface area (Å²) in [6, 6.07) is 13.5. The van der Waals surface area contributed by atoms with Crippen molar-refractivity contribution in [3.8, 4) is 5.75 Å². The second kappa shape index (κ2) is 16.1. The second-order valence-corrected chi connectivity index (χ2v) is 11.8. The fraction of sp³-hybridized carbons (Fsp3) is 0.548. The quantitative estimate of drug-likeness (QED) is 0.396. The predicted molar refractivity (Wildman–Crippen MR) is 164 cm³/mol. The van der Waals surface area contributed by atoms with Crippen LogP contribution in [-0.2, 0) is 4.79 Å². The summed E-state index contributed by atoms with van der Waals surface area (Å²) >= 11 is 11.9. The summed E-state index contributed by atoms with van der Waals surface area (Å²) in [6.07, 6.45) is 4.84. The Kier molecular flexibility index (Phi) is 12.9. The zero-order chi connectivity index (χ0) is 29.1. The van der Waals surface area contributed by atoms with E-state index >= 15 is 0 Å². The first-order chi connectivity index (χ1) is 19.2. The Bertz CT molecular complexity index is 1060. The molecule has 220 valence electrons. The van der Waals surface area contributed by atoms with Gasteiger partial charge in [0.2, 0.25) is 5.91 Å². The first-order valence-electron chi connectivity index (χ1n) is 14.3. The standard InChI is InChI=1S/C24H37ClN4O3.C7H7Cl/c1-4-20(17-27(2)3)32-22-15-19(25)7-8-21(22)18-9-13-28(14-10-18)23(30)16-26-24(31)29-11-5-6-12-29;1-6-2-4-7(8)5-3-6/h7-8,15,18,20H,4-6,9-14,16-17H2,1-3H3,(H,26,31);2-5H,1H3. The van der Waals surface area contributed by atoms with E-state index in [9.17, 15) is 9.59 Å². The number of urea groups is 1. The summed E-state index contributed by atoms with van der Waals surface area (Å²) in [5.41, 5.74) is 2.41. The average Bonchev–Trinajstić information content (AvgIpc) is 3.48. The van der Waals surface area contributed by atoms with Gasteiger partial charge in [-0.1, -0.05) is 53.9 Å². The molecule has 0 saturated carbocycles. The van der Waals surface area contributed by atoms with E-state index in [1.165, 1.54) is 11.1 Å². The highest BCUT2D eigenvalue weighted by atomic mass is 35.5. The largest absolute Gasteiger partial charge is 0.489 e. The molecule has 2 aromatic rings. The fourth-order valence-electron chi connectivity index (χ4n) is 5.05. The van der Waals surface area contributed by atoms with Crippen LogP contribution in [0.3, 0.4) is 0 Å². The third-order valence-electron chi connectivity index (χ3n) is 7.38. The Morgan fingerprint density at radius 3 is 2.17 bits per heavy atom. The highest BCUT2D eigenvalue weighted by Gasteiger charge is 2.27. The zero-order valence-electron chi connectivity index (χ0n) is 24.3. The van der Waals surface area contributed by atoms with E-state index in [1.807, 2.05) is 62.3 Å². The van der Waals surface area contributed by atoms with Crippen LogP contribution in [0.15, 0.2) is 42.5 Å². The monoisotopic (exact) mass is 590 g/mol. The minimum Gasteiger partial charge on any atom is -0.489 e. The Morgan fingerprint density at radius 2 is 1.60 bits per heavy atom. The lowest BCUT2D eigenvalue weighted by atomic mass is 9.88. The lowest BCUT2D eigenvalue weighted by molar-refractivity contribution is -0.131. The number of benzene rings is 2. The van der Waals surface area contributed by atoms with E-state index in [1.54, 1.807) is 4.90 Å². The van der Waals surface area contributed by atoms with Crippen LogP contribution < -0.4 is 10.1 Å². The predicted octanol–water partition coefficient (Wildman–Crippen LogP) is 6.22. The number of nitrogens with zero attached hydrogens (tertiary/aromatic N) is 3. The van der Waals surface area contributed by atoms with Gasteiger partial charge < -0.3 is 24.8 Å². The first-order valence-corrected chi connectivity index (χ1v) is 15.1. The third kappa shape index (κ3) is 10.2. The summed E-state index contributed by atoms with van der Waals surface area (Å²) in [5, 5.41) is 4.25. The highest BCUT2D eigenvalue weighted by molar-refractivity contribution is 6.30. The molecule has 0 bridgehead atoms. The molecule has 9 heteroatoms. The van der Waals surface area contributed by atoms with Crippen molar-refractivity contribution in [1.82, 2.24) is 20.0 Å². The number of carbonyl (C=O) groups excluding carboxylic acids is 2. The van der Waals surface area contributed by atoms with E-state index in [2.05, 4.69) is 23.2 Å². The maximum Gasteiger partial charge on any atom is 0.317 e. The Balaban J connectivity index is 0.000000472. The smallest absolute Gasteiger partial charge is 0.317 e. The lowest BCUT2D eigenvalue weighted by Gasteiger charge is -2.33. The second-order valence-electron chi connectivity index (χ2n) is 10.9. The molecule has 7 nitrogen and oxygen atoms in total. The SMILES string of the molecule is CCC(CN(C)C)Oc1cc(Cl)ccc1C1CCN(C(=O)CNC(=O)N2CCCC2)CC1.Cc1ccc(Cl)cc1. The van der Waals surface area contributed by atoms with Gasteiger partial charge in [0.15, 0.2) is 0 Å². The Labute approximate surface area is 249 Å². The van der Waals surface area contributed by atoms with Crippen molar-refractivity contribution in [2.75, 3.05) is 53.4 Å². The number of aryl methyl sites for hydroxylation is 1. The van der Waals surface area contributed by atoms with Crippen LogP contribution in [0.5, 0.6) is 5.75 Å². The molecule has 40 heavy (non-hydrogen) atoms. The molecular formula is C31H44Cl2N4O3. The molecule has 4 rings (SSSR count). The maximum atomic E-state index is 12.6. The molecule has 1 atom stereocenters. The molecule has 2 aliphatic rings. The van der Waals surface area contributed by atoms with Gasteiger partial charge in [0.25, 0.3) is 0 Å². The lowest BCUT2D eigenvalue weighted by Crippen LogP contribution is -2.46. The number of carbonyl (C=O) groups is 2. The zero-order valence-corrected chi connectivity index (χ0v) is 25.8. The van der Waals surface area contributed by atoms with Crippen LogP contribution in [0.25, 0.3) is 0 Å². The molecule has 0 aromatic heterocycles. The molecule has 2 fully saturated rings. The number of halogens is 2. The summed E-state index contributed by atoms with van der Waals surface area (Å²) < 4.78 is 6.37. The number of likely N-dealkylation sites (N-methyl/N-ethyl adjacent to an activating group) is 1. The van der Waals surface area contributed by atoms with Crippen molar-refractivity contribution in [3.63, 3.8) is 0 Å². The Morgan fingerprint density at radius 1 is 0.975 bits per heavy atom. The van der Waals surface area contributed by atoms with Gasteiger partial charge >= 0.3 is 6.03 Å². The highest BCUT2D eigenvalue weighted by Crippen LogP contribution is 2.36. The number of hydrogen-bond acceptors (Lipinski definition) is 4. The third-order valence-corrected chi connectivity index (χ3v) is 7.86. The van der Waals surface area contributed by atoms with E-state index in [-0.39, 0.29) is 24.6 Å². The molecule has 0 aliphatic carbocycles. The normalized spacial score (nSPS) is 16.4. The number of amides is 3. The van der Waals surface area contributed by atoms with E-state index in [4.69, 9.17) is 27.9 Å². The molecule has 2 heterocycles. The maximum absolute atomic E-state index is 12.6. The summed E-state index contributed by atoms with van der Waals surface area (Å²) in [7, 11) is 4.09. The molecular weight excluding hydrogens is 547 g/mol. The van der Waals surface area contributed by atoms with Gasteiger partial charge in [0.1, 0.15) is 11.9 Å². The van der Waals surface area contributed by atoms with Crippen LogP contribution in [0.1, 0.15) is 56.1 Å². The van der Waals surface area contributed by atoms with Crippen molar-refractivity contribution in [1.29, 1.82) is 0 Å². The van der Waals surface area contributed by atoms with Crippen LogP contribution in [0.2, 0.25) is 10.0 Å². The molecule has 2 saturated heterocycles. The molecule has 0 radical (unpaired) electrons. The van der Waals surface area contributed by atoms with Crippen LogP contribution in [0, 0.1) is 6.92 Å². The van der Waals surface area contributed by atoms with Crippen molar-refractivity contribution in [2.45, 2.75) is 58.0 Å². The van der Waals surface area contributed by atoms with Gasteiger partial charge in [-0.15, -0.1) is 0 Å². The summed E-state index contributed by atoms with van der Waals surface area (Å²) in [4.78, 5) is 30.5.